The molecular weight excluding hydrogens is 341 g/mol. The van der Waals surface area contributed by atoms with Crippen molar-refractivity contribution in [2.24, 2.45) is 0 Å². The molecule has 0 radical (unpaired) electrons. The highest BCUT2D eigenvalue weighted by Crippen LogP contribution is 2.34. The fourth-order valence-corrected chi connectivity index (χ4v) is 3.28. The van der Waals surface area contributed by atoms with Crippen LogP contribution in [0.3, 0.4) is 0 Å². The summed E-state index contributed by atoms with van der Waals surface area (Å²) in [6.45, 7) is 3.83. The summed E-state index contributed by atoms with van der Waals surface area (Å²) < 4.78 is 14.8. The molecule has 1 aliphatic rings. The number of aliphatic hydroxyl groups is 1. The maximum atomic E-state index is 14.8. The molecule has 3 rings (SSSR count). The highest BCUT2D eigenvalue weighted by molar-refractivity contribution is 7.98. The lowest BCUT2D eigenvalue weighted by Crippen LogP contribution is -2.23. The van der Waals surface area contributed by atoms with Gasteiger partial charge in [0.15, 0.2) is 5.16 Å². The fraction of sp³-hybridized carbons (Fsp3) is 0.389. The summed E-state index contributed by atoms with van der Waals surface area (Å²) in [5, 5.41) is 10.9. The van der Waals surface area contributed by atoms with E-state index < -0.39 is 11.4 Å². The summed E-state index contributed by atoms with van der Waals surface area (Å²) in [6, 6.07) is 4.69. The first-order chi connectivity index (χ1) is 11.8. The number of halogens is 1. The van der Waals surface area contributed by atoms with E-state index in [1.807, 2.05) is 6.26 Å². The van der Waals surface area contributed by atoms with Crippen molar-refractivity contribution in [3.8, 4) is 11.1 Å². The van der Waals surface area contributed by atoms with Crippen molar-refractivity contribution in [2.75, 3.05) is 17.7 Å². The van der Waals surface area contributed by atoms with Gasteiger partial charge in [-0.25, -0.2) is 14.4 Å². The molecule has 1 aromatic heterocycles. The zero-order valence-corrected chi connectivity index (χ0v) is 15.2. The zero-order valence-electron chi connectivity index (χ0n) is 14.4. The number of aromatic nitrogens is 2. The van der Waals surface area contributed by atoms with E-state index in [-0.39, 0.29) is 5.91 Å². The van der Waals surface area contributed by atoms with Gasteiger partial charge in [0.2, 0.25) is 5.91 Å². The van der Waals surface area contributed by atoms with E-state index in [2.05, 4.69) is 9.97 Å². The van der Waals surface area contributed by atoms with Crippen molar-refractivity contribution in [1.82, 2.24) is 9.97 Å². The second-order valence-corrected chi connectivity index (χ2v) is 7.26. The van der Waals surface area contributed by atoms with Crippen LogP contribution in [0.25, 0.3) is 11.1 Å². The van der Waals surface area contributed by atoms with Crippen molar-refractivity contribution in [3.63, 3.8) is 0 Å². The average molecular weight is 361 g/mol. The Morgan fingerprint density at radius 1 is 1.32 bits per heavy atom. The molecule has 0 bridgehead atoms. The van der Waals surface area contributed by atoms with Gasteiger partial charge in [-0.2, -0.15) is 0 Å². The lowest BCUT2D eigenvalue weighted by atomic mass is 9.95. The Hall–Kier alpha value is -1.99. The summed E-state index contributed by atoms with van der Waals surface area (Å²) in [6.07, 6.45) is 4.65. The molecule has 1 aliphatic heterocycles. The van der Waals surface area contributed by atoms with Gasteiger partial charge in [-0.15, -0.1) is 0 Å². The molecule has 0 spiro atoms. The second-order valence-electron chi connectivity index (χ2n) is 6.49. The van der Waals surface area contributed by atoms with E-state index in [1.165, 1.54) is 24.0 Å². The lowest BCUT2D eigenvalue weighted by Gasteiger charge is -2.22. The summed E-state index contributed by atoms with van der Waals surface area (Å²) in [5.41, 5.74) is 0.437. The lowest BCUT2D eigenvalue weighted by molar-refractivity contribution is -0.117. The van der Waals surface area contributed by atoms with E-state index in [0.717, 1.165) is 6.42 Å². The Kier molecular flexibility index (Phi) is 4.79. The van der Waals surface area contributed by atoms with Crippen LogP contribution in [-0.4, -0.2) is 33.8 Å². The first kappa shape index (κ1) is 17.8. The van der Waals surface area contributed by atoms with E-state index in [0.29, 0.717) is 40.6 Å². The number of carbonyl (C=O) groups is 1. The first-order valence-electron chi connectivity index (χ1n) is 8.05. The Balaban J connectivity index is 2.06. The average Bonchev–Trinajstić information content (AvgIpc) is 2.99. The maximum absolute atomic E-state index is 14.8. The summed E-state index contributed by atoms with van der Waals surface area (Å²) in [5.74, 6) is -0.458. The van der Waals surface area contributed by atoms with Crippen LogP contribution in [0.1, 0.15) is 32.4 Å². The minimum atomic E-state index is -1.24. The quantitative estimate of drug-likeness (QED) is 0.668. The SMILES string of the molecule is CSc1ncc(-c2ccc(N3CCCC3=O)cc2F)c(C(C)(C)O)n1. The third-order valence-electron chi connectivity index (χ3n) is 4.16. The molecular formula is C18H20FN3O2S. The first-order valence-corrected chi connectivity index (χ1v) is 9.28. The van der Waals surface area contributed by atoms with Gasteiger partial charge >= 0.3 is 0 Å². The van der Waals surface area contributed by atoms with Gasteiger partial charge in [0.05, 0.1) is 5.69 Å². The van der Waals surface area contributed by atoms with Crippen LogP contribution >= 0.6 is 11.8 Å². The Labute approximate surface area is 150 Å². The van der Waals surface area contributed by atoms with Gasteiger partial charge in [0.25, 0.3) is 0 Å². The number of anilines is 1. The topological polar surface area (TPSA) is 66.3 Å². The third-order valence-corrected chi connectivity index (χ3v) is 4.72. The molecule has 2 heterocycles. The summed E-state index contributed by atoms with van der Waals surface area (Å²) in [4.78, 5) is 22.0. The van der Waals surface area contributed by atoms with Crippen molar-refractivity contribution in [2.45, 2.75) is 37.4 Å². The standard InChI is InChI=1S/C18H20FN3O2S/c1-18(2,24)16-13(10-20-17(21-16)25-3)12-7-6-11(9-14(12)19)22-8-4-5-15(22)23/h6-7,9-10,24H,4-5,8H2,1-3H3. The monoisotopic (exact) mass is 361 g/mol. The fourth-order valence-electron chi connectivity index (χ4n) is 2.94. The Morgan fingerprint density at radius 3 is 2.64 bits per heavy atom. The Morgan fingerprint density at radius 2 is 2.08 bits per heavy atom. The third kappa shape index (κ3) is 3.52. The molecule has 1 amide bonds. The van der Waals surface area contributed by atoms with Crippen molar-refractivity contribution < 1.29 is 14.3 Å². The van der Waals surface area contributed by atoms with E-state index in [9.17, 15) is 14.3 Å². The van der Waals surface area contributed by atoms with Crippen molar-refractivity contribution in [1.29, 1.82) is 0 Å². The summed E-state index contributed by atoms with van der Waals surface area (Å²) >= 11 is 1.36. The van der Waals surface area contributed by atoms with Gasteiger partial charge in [-0.05, 0) is 44.7 Å². The number of amides is 1. The number of hydrogen-bond donors (Lipinski definition) is 1. The van der Waals surface area contributed by atoms with Crippen LogP contribution in [0, 0.1) is 5.82 Å². The molecule has 132 valence electrons. The van der Waals surface area contributed by atoms with Gasteiger partial charge in [0, 0.05) is 36.0 Å². The highest BCUT2D eigenvalue weighted by atomic mass is 32.2. The van der Waals surface area contributed by atoms with E-state index in [1.54, 1.807) is 30.9 Å². The van der Waals surface area contributed by atoms with Crippen LogP contribution in [0.15, 0.2) is 29.6 Å². The van der Waals surface area contributed by atoms with Crippen LogP contribution in [0.4, 0.5) is 10.1 Å². The summed E-state index contributed by atoms with van der Waals surface area (Å²) in [7, 11) is 0. The van der Waals surface area contributed by atoms with Gasteiger partial charge in [-0.1, -0.05) is 11.8 Å². The minimum Gasteiger partial charge on any atom is -0.384 e. The van der Waals surface area contributed by atoms with Gasteiger partial charge in [-0.3, -0.25) is 4.79 Å². The Bertz CT molecular complexity index is 820. The maximum Gasteiger partial charge on any atom is 0.227 e. The minimum absolute atomic E-state index is 0.0111. The number of hydrogen-bond acceptors (Lipinski definition) is 5. The van der Waals surface area contributed by atoms with Crippen LogP contribution in [0.5, 0.6) is 0 Å². The molecule has 1 fully saturated rings. The molecule has 1 aromatic carbocycles. The predicted octanol–water partition coefficient (Wildman–Crippen LogP) is 3.36. The highest BCUT2D eigenvalue weighted by Gasteiger charge is 2.27. The van der Waals surface area contributed by atoms with Crippen molar-refractivity contribution >= 4 is 23.4 Å². The van der Waals surface area contributed by atoms with Crippen molar-refractivity contribution in [3.05, 3.63) is 35.9 Å². The van der Waals surface area contributed by atoms with E-state index in [4.69, 9.17) is 0 Å². The molecule has 0 atom stereocenters. The van der Waals surface area contributed by atoms with Gasteiger partial charge in [0.1, 0.15) is 11.4 Å². The molecule has 1 saturated heterocycles. The molecule has 0 saturated carbocycles. The number of benzene rings is 1. The molecule has 5 nitrogen and oxygen atoms in total. The van der Waals surface area contributed by atoms with Gasteiger partial charge < -0.3 is 10.0 Å². The smallest absolute Gasteiger partial charge is 0.227 e. The number of nitrogens with zero attached hydrogens (tertiary/aromatic N) is 3. The number of carbonyl (C=O) groups excluding carboxylic acids is 1. The molecule has 0 unspecified atom stereocenters. The normalized spacial score (nSPS) is 15.1. The molecule has 1 N–H and O–H groups in total. The molecule has 0 aliphatic carbocycles. The zero-order chi connectivity index (χ0) is 18.2. The predicted molar refractivity (Wildman–Crippen MR) is 96.0 cm³/mol. The number of rotatable bonds is 4. The largest absolute Gasteiger partial charge is 0.384 e. The molecule has 25 heavy (non-hydrogen) atoms. The second kappa shape index (κ2) is 6.72. The number of thioether (sulfide) groups is 1. The molecule has 7 heteroatoms. The van der Waals surface area contributed by atoms with Crippen LogP contribution < -0.4 is 4.90 Å². The molecule has 2 aromatic rings. The van der Waals surface area contributed by atoms with Crippen LogP contribution in [0.2, 0.25) is 0 Å². The van der Waals surface area contributed by atoms with Crippen LogP contribution in [-0.2, 0) is 10.4 Å². The van der Waals surface area contributed by atoms with E-state index >= 15 is 0 Å².